The third-order valence-electron chi connectivity index (χ3n) is 4.67. The molecule has 2 aliphatic heterocycles. The van der Waals surface area contributed by atoms with E-state index in [4.69, 9.17) is 27.9 Å². The Morgan fingerprint density at radius 1 is 1.14 bits per heavy atom. The van der Waals surface area contributed by atoms with Crippen LogP contribution in [0, 0.1) is 0 Å². The zero-order valence-electron chi connectivity index (χ0n) is 12.0. The van der Waals surface area contributed by atoms with E-state index in [0.29, 0.717) is 27.7 Å². The zero-order valence-corrected chi connectivity index (χ0v) is 13.5. The number of piperidine rings is 2. The Kier molecular flexibility index (Phi) is 4.43. The van der Waals surface area contributed by atoms with Crippen LogP contribution in [0.4, 0.5) is 0 Å². The van der Waals surface area contributed by atoms with Crippen molar-refractivity contribution in [1.29, 1.82) is 0 Å². The first-order valence-electron chi connectivity index (χ1n) is 7.42. The van der Waals surface area contributed by atoms with Gasteiger partial charge in [0, 0.05) is 35.0 Å². The minimum atomic E-state index is -0.327. The molecule has 1 aromatic carbocycles. The van der Waals surface area contributed by atoms with E-state index in [1.54, 1.807) is 18.2 Å². The predicted molar refractivity (Wildman–Crippen MR) is 84.1 cm³/mol. The number of ether oxygens (including phenoxy) is 1. The van der Waals surface area contributed by atoms with Crippen LogP contribution in [0.1, 0.15) is 42.5 Å². The number of benzene rings is 1. The van der Waals surface area contributed by atoms with E-state index >= 15 is 0 Å². The molecule has 0 radical (unpaired) electrons. The van der Waals surface area contributed by atoms with E-state index in [2.05, 4.69) is 11.9 Å². The second-order valence-corrected chi connectivity index (χ2v) is 6.93. The number of esters is 1. The van der Waals surface area contributed by atoms with Crippen LogP contribution in [0.25, 0.3) is 0 Å². The first-order valence-corrected chi connectivity index (χ1v) is 8.17. The number of halogens is 2. The van der Waals surface area contributed by atoms with Crippen molar-refractivity contribution in [1.82, 2.24) is 4.90 Å². The van der Waals surface area contributed by atoms with Crippen LogP contribution in [-0.4, -0.2) is 36.1 Å². The summed E-state index contributed by atoms with van der Waals surface area (Å²) in [5.41, 5.74) is 0.427. The lowest BCUT2D eigenvalue weighted by molar-refractivity contribution is -0.0318. The average molecular weight is 328 g/mol. The highest BCUT2D eigenvalue weighted by Gasteiger charge is 2.37. The summed E-state index contributed by atoms with van der Waals surface area (Å²) in [6, 6.07) is 5.90. The summed E-state index contributed by atoms with van der Waals surface area (Å²) in [5.74, 6) is -0.327. The average Bonchev–Trinajstić information content (AvgIpc) is 2.38. The van der Waals surface area contributed by atoms with Crippen LogP contribution in [0.15, 0.2) is 18.2 Å². The van der Waals surface area contributed by atoms with Gasteiger partial charge in [0.25, 0.3) is 0 Å². The van der Waals surface area contributed by atoms with Gasteiger partial charge in [-0.15, -0.1) is 0 Å². The maximum Gasteiger partial charge on any atom is 0.338 e. The fourth-order valence-electron chi connectivity index (χ4n) is 3.55. The molecule has 114 valence electrons. The normalized spacial score (nSPS) is 29.2. The second-order valence-electron chi connectivity index (χ2n) is 6.06. The van der Waals surface area contributed by atoms with Crippen LogP contribution < -0.4 is 0 Å². The maximum atomic E-state index is 12.3. The number of hydrogen-bond acceptors (Lipinski definition) is 3. The Hall–Kier alpha value is -0.770. The minimum Gasteiger partial charge on any atom is -0.459 e. The first kappa shape index (κ1) is 15.1. The topological polar surface area (TPSA) is 29.5 Å². The molecule has 3 rings (SSSR count). The number of carbonyl (C=O) groups is 1. The van der Waals surface area contributed by atoms with Gasteiger partial charge >= 0.3 is 5.97 Å². The molecule has 2 bridgehead atoms. The van der Waals surface area contributed by atoms with Gasteiger partial charge in [-0.1, -0.05) is 29.6 Å². The molecule has 2 unspecified atom stereocenters. The molecule has 0 N–H and O–H groups in total. The molecule has 0 spiro atoms. The quantitative estimate of drug-likeness (QED) is 0.763. The van der Waals surface area contributed by atoms with Gasteiger partial charge in [0.15, 0.2) is 0 Å². The highest BCUT2D eigenvalue weighted by molar-refractivity contribution is 6.35. The van der Waals surface area contributed by atoms with Crippen LogP contribution in [0.2, 0.25) is 10.0 Å². The Balaban J connectivity index is 1.68. The molecule has 21 heavy (non-hydrogen) atoms. The summed E-state index contributed by atoms with van der Waals surface area (Å²) in [7, 11) is 2.18. The summed E-state index contributed by atoms with van der Waals surface area (Å²) in [6.45, 7) is 0. The van der Waals surface area contributed by atoms with E-state index < -0.39 is 0 Å². The lowest BCUT2D eigenvalue weighted by atomic mass is 9.83. The van der Waals surface area contributed by atoms with Gasteiger partial charge in [-0.05, 0) is 38.1 Å². The number of nitrogens with zero attached hydrogens (tertiary/aromatic N) is 1. The first-order chi connectivity index (χ1) is 10.0. The minimum absolute atomic E-state index is 0.00163. The number of hydrogen-bond donors (Lipinski definition) is 0. The van der Waals surface area contributed by atoms with Gasteiger partial charge in [-0.2, -0.15) is 0 Å². The highest BCUT2D eigenvalue weighted by Crippen LogP contribution is 2.34. The molecular formula is C16H19Cl2NO2. The summed E-state index contributed by atoms with van der Waals surface area (Å²) in [6.07, 6.45) is 5.53. The van der Waals surface area contributed by atoms with E-state index in [1.165, 1.54) is 19.3 Å². The van der Waals surface area contributed by atoms with Gasteiger partial charge in [-0.25, -0.2) is 4.79 Å². The van der Waals surface area contributed by atoms with Crippen molar-refractivity contribution in [2.45, 2.75) is 50.3 Å². The van der Waals surface area contributed by atoms with E-state index in [0.717, 1.165) is 12.8 Å². The monoisotopic (exact) mass is 327 g/mol. The molecule has 0 aliphatic carbocycles. The van der Waals surface area contributed by atoms with Crippen LogP contribution >= 0.6 is 23.2 Å². The fraction of sp³-hybridized carbons (Fsp3) is 0.562. The molecule has 0 saturated carbocycles. The van der Waals surface area contributed by atoms with Gasteiger partial charge < -0.3 is 9.64 Å². The highest BCUT2D eigenvalue weighted by atomic mass is 35.5. The van der Waals surface area contributed by atoms with Crippen molar-refractivity contribution in [3.8, 4) is 0 Å². The van der Waals surface area contributed by atoms with Crippen molar-refractivity contribution in [3.63, 3.8) is 0 Å². The van der Waals surface area contributed by atoms with E-state index in [-0.39, 0.29) is 12.1 Å². The van der Waals surface area contributed by atoms with Gasteiger partial charge in [0.05, 0.1) is 5.56 Å². The number of carbonyl (C=O) groups excluding carboxylic acids is 1. The number of rotatable bonds is 2. The van der Waals surface area contributed by atoms with Crippen molar-refractivity contribution in [2.24, 2.45) is 0 Å². The summed E-state index contributed by atoms with van der Waals surface area (Å²) >= 11 is 11.9. The Bertz CT molecular complexity index is 515. The fourth-order valence-corrected chi connectivity index (χ4v) is 4.08. The molecule has 3 nitrogen and oxygen atoms in total. The van der Waals surface area contributed by atoms with Crippen molar-refractivity contribution < 1.29 is 9.53 Å². The Morgan fingerprint density at radius 3 is 2.29 bits per heavy atom. The molecule has 2 saturated heterocycles. The molecule has 2 fully saturated rings. The molecule has 0 amide bonds. The van der Waals surface area contributed by atoms with Crippen molar-refractivity contribution in [3.05, 3.63) is 33.8 Å². The third-order valence-corrected chi connectivity index (χ3v) is 5.10. The SMILES string of the molecule is CN1C2CCCC1CC(OC(=O)c1cc(Cl)cc(Cl)c1)C2. The molecule has 2 aliphatic rings. The summed E-state index contributed by atoms with van der Waals surface area (Å²) in [4.78, 5) is 14.7. The van der Waals surface area contributed by atoms with Crippen molar-refractivity contribution in [2.75, 3.05) is 7.05 Å². The summed E-state index contributed by atoms with van der Waals surface area (Å²) in [5, 5.41) is 0.907. The lowest BCUT2D eigenvalue weighted by Crippen LogP contribution is -2.52. The predicted octanol–water partition coefficient (Wildman–Crippen LogP) is 4.17. The molecule has 5 heteroatoms. The van der Waals surface area contributed by atoms with Gasteiger partial charge in [0.2, 0.25) is 0 Å². The Morgan fingerprint density at radius 2 is 1.71 bits per heavy atom. The smallest absolute Gasteiger partial charge is 0.338 e. The largest absolute Gasteiger partial charge is 0.459 e. The van der Waals surface area contributed by atoms with Crippen LogP contribution in [0.3, 0.4) is 0 Å². The molecular weight excluding hydrogens is 309 g/mol. The summed E-state index contributed by atoms with van der Waals surface area (Å²) < 4.78 is 5.69. The van der Waals surface area contributed by atoms with Crippen molar-refractivity contribution >= 4 is 29.2 Å². The zero-order chi connectivity index (χ0) is 15.0. The maximum absolute atomic E-state index is 12.3. The number of fused-ring (bicyclic) bond motifs is 2. The molecule has 2 atom stereocenters. The third kappa shape index (κ3) is 3.36. The van der Waals surface area contributed by atoms with E-state index in [9.17, 15) is 4.79 Å². The lowest BCUT2D eigenvalue weighted by Gasteiger charge is -2.46. The Labute approximate surface area is 135 Å². The van der Waals surface area contributed by atoms with Crippen LogP contribution in [0.5, 0.6) is 0 Å². The van der Waals surface area contributed by atoms with E-state index in [1.807, 2.05) is 0 Å². The standard InChI is InChI=1S/C16H19Cl2NO2/c1-19-13-3-2-4-14(19)9-15(8-13)21-16(20)10-5-11(17)7-12(18)6-10/h5-7,13-15H,2-4,8-9H2,1H3. The van der Waals surface area contributed by atoms with Gasteiger partial charge in [0.1, 0.15) is 6.10 Å². The molecule has 0 aromatic heterocycles. The van der Waals surface area contributed by atoms with Gasteiger partial charge in [-0.3, -0.25) is 0 Å². The second kappa shape index (κ2) is 6.15. The van der Waals surface area contributed by atoms with Crippen LogP contribution in [-0.2, 0) is 4.74 Å². The molecule has 2 heterocycles. The molecule has 1 aromatic rings.